The SMILES string of the molecule is COC(=O)/C(C(=O)[C@@H]1O[C@H](CN=[N+]=[N-])[C@@H](OC(=O)c2ccccc2)[C@H]1OC(=O)c1ccccc1)=C(/C)C(=O)O. The van der Waals surface area contributed by atoms with Crippen LogP contribution in [0.5, 0.6) is 0 Å². The van der Waals surface area contributed by atoms with E-state index < -0.39 is 71.8 Å². The Bertz CT molecular complexity index is 1340. The number of Topliss-reactive ketones (excluding diaryl/α,β-unsaturated/α-hetero) is 1. The van der Waals surface area contributed by atoms with Crippen LogP contribution in [0.1, 0.15) is 27.6 Å². The molecule has 0 radical (unpaired) electrons. The number of nitrogens with zero attached hydrogens (tertiary/aromatic N) is 3. The van der Waals surface area contributed by atoms with Gasteiger partial charge in [0.2, 0.25) is 5.78 Å². The highest BCUT2D eigenvalue weighted by molar-refractivity contribution is 6.23. The molecule has 1 aliphatic rings. The molecule has 3 rings (SSSR count). The molecule has 2 aromatic rings. The van der Waals surface area contributed by atoms with E-state index in [0.717, 1.165) is 14.0 Å². The van der Waals surface area contributed by atoms with Gasteiger partial charge < -0.3 is 24.1 Å². The van der Waals surface area contributed by atoms with Crippen molar-refractivity contribution in [3.05, 3.63) is 93.4 Å². The Labute approximate surface area is 221 Å². The van der Waals surface area contributed by atoms with Crippen LogP contribution in [0.4, 0.5) is 0 Å². The number of carboxylic acids is 1. The van der Waals surface area contributed by atoms with E-state index in [1.54, 1.807) is 36.4 Å². The van der Waals surface area contributed by atoms with E-state index >= 15 is 0 Å². The molecule has 0 saturated carbocycles. The largest absolute Gasteiger partial charge is 0.478 e. The number of carboxylic acid groups (broad SMARTS) is 1. The molecule has 0 aliphatic carbocycles. The summed E-state index contributed by atoms with van der Waals surface area (Å²) in [7, 11) is 0.946. The second-order valence-corrected chi connectivity index (χ2v) is 8.14. The van der Waals surface area contributed by atoms with E-state index in [4.69, 9.17) is 19.7 Å². The minimum absolute atomic E-state index is 0.0841. The lowest BCUT2D eigenvalue weighted by Crippen LogP contribution is -2.44. The number of benzene rings is 2. The Morgan fingerprint density at radius 2 is 1.44 bits per heavy atom. The monoisotopic (exact) mass is 537 g/mol. The van der Waals surface area contributed by atoms with Crippen molar-refractivity contribution in [1.82, 2.24) is 0 Å². The average molecular weight is 537 g/mol. The van der Waals surface area contributed by atoms with Crippen LogP contribution >= 0.6 is 0 Å². The number of methoxy groups -OCH3 is 1. The number of ether oxygens (including phenoxy) is 4. The Morgan fingerprint density at radius 1 is 0.923 bits per heavy atom. The molecule has 39 heavy (non-hydrogen) atoms. The highest BCUT2D eigenvalue weighted by atomic mass is 16.6. The van der Waals surface area contributed by atoms with Crippen molar-refractivity contribution >= 4 is 29.7 Å². The first-order valence-corrected chi connectivity index (χ1v) is 11.4. The summed E-state index contributed by atoms with van der Waals surface area (Å²) in [4.78, 5) is 66.2. The van der Waals surface area contributed by atoms with Crippen molar-refractivity contribution in [2.24, 2.45) is 5.11 Å². The number of esters is 3. The number of hydrogen-bond acceptors (Lipinski definition) is 10. The molecule has 1 aliphatic heterocycles. The summed E-state index contributed by atoms with van der Waals surface area (Å²) in [6, 6.07) is 15.4. The topological polar surface area (TPSA) is 191 Å². The third-order valence-corrected chi connectivity index (χ3v) is 5.73. The molecule has 1 heterocycles. The van der Waals surface area contributed by atoms with Crippen LogP contribution in [-0.4, -0.2) is 72.8 Å². The Morgan fingerprint density at radius 3 is 1.90 bits per heavy atom. The molecule has 4 atom stereocenters. The smallest absolute Gasteiger partial charge is 0.342 e. The Balaban J connectivity index is 2.09. The molecule has 2 aromatic carbocycles. The summed E-state index contributed by atoms with van der Waals surface area (Å²) in [5.74, 6) is -5.85. The standard InChI is InChI=1S/C26H23N3O10/c1-14(23(31)32)18(26(35)36-2)19(30)21-22(39-25(34)16-11-7-4-8-12-16)20(17(37-21)13-28-29-27)38-24(33)15-9-5-3-6-10-15/h3-12,17,20-22H,13H2,1-2H3,(H,31,32)/b18-14-/t17-,20-,21+,22-/m1/s1. The van der Waals surface area contributed by atoms with Gasteiger partial charge in [0.05, 0.1) is 30.4 Å². The number of carbonyl (C=O) groups is 5. The van der Waals surface area contributed by atoms with E-state index in [1.807, 2.05) is 0 Å². The number of rotatable bonds is 10. The van der Waals surface area contributed by atoms with Gasteiger partial charge >= 0.3 is 23.9 Å². The Kier molecular flexibility index (Phi) is 9.52. The van der Waals surface area contributed by atoms with Crippen LogP contribution in [0.2, 0.25) is 0 Å². The summed E-state index contributed by atoms with van der Waals surface area (Å²) >= 11 is 0. The Hall–Kier alpha value is -5.00. The molecule has 0 bridgehead atoms. The second kappa shape index (κ2) is 13.0. The van der Waals surface area contributed by atoms with E-state index in [1.165, 1.54) is 24.3 Å². The van der Waals surface area contributed by atoms with Crippen molar-refractivity contribution < 1.29 is 48.0 Å². The zero-order valence-corrected chi connectivity index (χ0v) is 20.8. The molecule has 0 unspecified atom stereocenters. The fraction of sp³-hybridized carbons (Fsp3) is 0.269. The van der Waals surface area contributed by atoms with Gasteiger partial charge in [0.15, 0.2) is 18.3 Å². The van der Waals surface area contributed by atoms with Crippen LogP contribution in [0, 0.1) is 0 Å². The minimum atomic E-state index is -1.83. The number of carbonyl (C=O) groups excluding carboxylic acids is 4. The molecule has 0 spiro atoms. The molecule has 1 N–H and O–H groups in total. The molecular weight excluding hydrogens is 514 g/mol. The summed E-state index contributed by atoms with van der Waals surface area (Å²) in [6.07, 6.45) is -6.29. The predicted molar refractivity (Wildman–Crippen MR) is 131 cm³/mol. The van der Waals surface area contributed by atoms with Crippen LogP contribution in [0.3, 0.4) is 0 Å². The van der Waals surface area contributed by atoms with E-state index in [0.29, 0.717) is 0 Å². The molecule has 0 aromatic heterocycles. The van der Waals surface area contributed by atoms with Crippen LogP contribution in [0.25, 0.3) is 10.4 Å². The molecule has 0 amide bonds. The molecule has 202 valence electrons. The van der Waals surface area contributed by atoms with E-state index in [2.05, 4.69) is 14.8 Å². The van der Waals surface area contributed by atoms with Crippen LogP contribution in [0.15, 0.2) is 76.9 Å². The molecule has 13 nitrogen and oxygen atoms in total. The summed E-state index contributed by atoms with van der Waals surface area (Å²) in [6.45, 7) is 0.554. The summed E-state index contributed by atoms with van der Waals surface area (Å²) in [5.41, 5.74) is 7.53. The van der Waals surface area contributed by atoms with Gasteiger partial charge in [-0.05, 0) is 36.7 Å². The molecule has 13 heteroatoms. The first-order chi connectivity index (χ1) is 18.7. The summed E-state index contributed by atoms with van der Waals surface area (Å²) in [5, 5.41) is 12.9. The lowest BCUT2D eigenvalue weighted by molar-refractivity contribution is -0.142. The zero-order chi connectivity index (χ0) is 28.5. The van der Waals surface area contributed by atoms with Crippen molar-refractivity contribution in [2.75, 3.05) is 13.7 Å². The van der Waals surface area contributed by atoms with Crippen molar-refractivity contribution in [3.8, 4) is 0 Å². The maximum absolute atomic E-state index is 13.6. The van der Waals surface area contributed by atoms with E-state index in [9.17, 15) is 29.1 Å². The molecule has 1 saturated heterocycles. The number of azide groups is 1. The molecule has 1 fully saturated rings. The number of hydrogen-bond donors (Lipinski definition) is 1. The van der Waals surface area contributed by atoms with Gasteiger partial charge in [-0.2, -0.15) is 0 Å². The predicted octanol–water partition coefficient (Wildman–Crippen LogP) is 2.66. The maximum atomic E-state index is 13.6. The lowest BCUT2D eigenvalue weighted by atomic mass is 9.96. The van der Waals surface area contributed by atoms with Gasteiger partial charge in [-0.1, -0.05) is 41.5 Å². The van der Waals surface area contributed by atoms with E-state index in [-0.39, 0.29) is 11.1 Å². The highest BCUT2D eigenvalue weighted by Gasteiger charge is 2.54. The average Bonchev–Trinajstić information content (AvgIpc) is 3.28. The highest BCUT2D eigenvalue weighted by Crippen LogP contribution is 2.32. The van der Waals surface area contributed by atoms with Crippen LogP contribution < -0.4 is 0 Å². The van der Waals surface area contributed by atoms with Crippen molar-refractivity contribution in [3.63, 3.8) is 0 Å². The van der Waals surface area contributed by atoms with Gasteiger partial charge in [0, 0.05) is 4.91 Å². The second-order valence-electron chi connectivity index (χ2n) is 8.14. The van der Waals surface area contributed by atoms with Crippen molar-refractivity contribution in [1.29, 1.82) is 0 Å². The fourth-order valence-electron chi connectivity index (χ4n) is 3.80. The van der Waals surface area contributed by atoms with Crippen molar-refractivity contribution in [2.45, 2.75) is 31.3 Å². The third-order valence-electron chi connectivity index (χ3n) is 5.73. The van der Waals surface area contributed by atoms with Gasteiger partial charge in [0.25, 0.3) is 0 Å². The summed E-state index contributed by atoms with van der Waals surface area (Å²) < 4.78 is 21.5. The quantitative estimate of drug-likeness (QED) is 0.0688. The normalized spacial score (nSPS) is 20.6. The number of aliphatic carboxylic acids is 1. The fourth-order valence-corrected chi connectivity index (χ4v) is 3.80. The first-order valence-electron chi connectivity index (χ1n) is 11.4. The maximum Gasteiger partial charge on any atom is 0.342 e. The lowest BCUT2D eigenvalue weighted by Gasteiger charge is -2.24. The molecular formula is C26H23N3O10. The van der Waals surface area contributed by atoms with Gasteiger partial charge in [-0.15, -0.1) is 0 Å². The van der Waals surface area contributed by atoms with Gasteiger partial charge in [-0.25, -0.2) is 19.2 Å². The zero-order valence-electron chi connectivity index (χ0n) is 20.8. The third kappa shape index (κ3) is 6.66. The van der Waals surface area contributed by atoms with Gasteiger partial charge in [-0.3, -0.25) is 4.79 Å². The number of ketones is 1. The van der Waals surface area contributed by atoms with Gasteiger partial charge in [0.1, 0.15) is 11.7 Å². The van der Waals surface area contributed by atoms with Crippen LogP contribution in [-0.2, 0) is 33.3 Å². The minimum Gasteiger partial charge on any atom is -0.478 e. The first kappa shape index (κ1) is 28.6.